The summed E-state index contributed by atoms with van der Waals surface area (Å²) in [5.41, 5.74) is 3.23. The second kappa shape index (κ2) is 6.30. The summed E-state index contributed by atoms with van der Waals surface area (Å²) >= 11 is 0. The Bertz CT molecular complexity index is 404. The standard InChI is InChI=1S/C19H31N/c1-14-6-8-16(9-7-14)15(2)20-18-12-10-17(11-13-18)19(3,4)5/h6-9,15,17-18,20H,10-13H2,1-5H3/t15-,17?,18?/m0/s1. The van der Waals surface area contributed by atoms with Gasteiger partial charge >= 0.3 is 0 Å². The van der Waals surface area contributed by atoms with E-state index < -0.39 is 0 Å². The number of rotatable bonds is 3. The molecule has 1 aromatic carbocycles. The minimum atomic E-state index is 0.465. The molecule has 1 N–H and O–H groups in total. The molecule has 0 aliphatic heterocycles. The van der Waals surface area contributed by atoms with E-state index >= 15 is 0 Å². The molecule has 1 fully saturated rings. The summed E-state index contributed by atoms with van der Waals surface area (Å²) in [7, 11) is 0. The van der Waals surface area contributed by atoms with Crippen molar-refractivity contribution in [3.05, 3.63) is 35.4 Å². The predicted molar refractivity (Wildman–Crippen MR) is 87.9 cm³/mol. The maximum absolute atomic E-state index is 3.83. The topological polar surface area (TPSA) is 12.0 Å². The maximum Gasteiger partial charge on any atom is 0.0294 e. The minimum Gasteiger partial charge on any atom is -0.307 e. The van der Waals surface area contributed by atoms with Gasteiger partial charge in [-0.2, -0.15) is 0 Å². The number of hydrogen-bond donors (Lipinski definition) is 1. The number of hydrogen-bond acceptors (Lipinski definition) is 1. The summed E-state index contributed by atoms with van der Waals surface area (Å²) in [6, 6.07) is 10.1. The van der Waals surface area contributed by atoms with Crippen LogP contribution in [0.15, 0.2) is 24.3 Å². The first kappa shape index (κ1) is 15.6. The zero-order valence-corrected chi connectivity index (χ0v) is 13.9. The lowest BCUT2D eigenvalue weighted by molar-refractivity contribution is 0.157. The second-order valence-electron chi connectivity index (χ2n) is 7.71. The fraction of sp³-hybridized carbons (Fsp3) is 0.684. The molecule has 1 saturated carbocycles. The van der Waals surface area contributed by atoms with Crippen LogP contribution in [-0.4, -0.2) is 6.04 Å². The third-order valence-electron chi connectivity index (χ3n) is 5.01. The highest BCUT2D eigenvalue weighted by molar-refractivity contribution is 5.23. The molecule has 1 aliphatic carbocycles. The molecule has 1 nitrogen and oxygen atoms in total. The van der Waals surface area contributed by atoms with Crippen LogP contribution in [0.4, 0.5) is 0 Å². The van der Waals surface area contributed by atoms with Gasteiger partial charge in [-0.3, -0.25) is 0 Å². The molecule has 2 rings (SSSR count). The highest BCUT2D eigenvalue weighted by atomic mass is 14.9. The highest BCUT2D eigenvalue weighted by Crippen LogP contribution is 2.38. The Morgan fingerprint density at radius 3 is 2.05 bits per heavy atom. The Morgan fingerprint density at radius 1 is 1.00 bits per heavy atom. The van der Waals surface area contributed by atoms with Gasteiger partial charge in [0.05, 0.1) is 0 Å². The van der Waals surface area contributed by atoms with Crippen LogP contribution in [-0.2, 0) is 0 Å². The fourth-order valence-electron chi connectivity index (χ4n) is 3.43. The van der Waals surface area contributed by atoms with Crippen molar-refractivity contribution in [2.45, 2.75) is 72.4 Å². The molecule has 1 atom stereocenters. The third kappa shape index (κ3) is 4.09. The molecule has 20 heavy (non-hydrogen) atoms. The van der Waals surface area contributed by atoms with Gasteiger partial charge < -0.3 is 5.32 Å². The van der Waals surface area contributed by atoms with E-state index in [1.807, 2.05) is 0 Å². The molecule has 0 aromatic heterocycles. The molecule has 1 aliphatic rings. The third-order valence-corrected chi connectivity index (χ3v) is 5.01. The van der Waals surface area contributed by atoms with Gasteiger partial charge in [-0.25, -0.2) is 0 Å². The van der Waals surface area contributed by atoms with E-state index in [0.717, 1.165) is 5.92 Å². The van der Waals surface area contributed by atoms with E-state index in [2.05, 4.69) is 64.2 Å². The Kier molecular flexibility index (Phi) is 4.90. The monoisotopic (exact) mass is 273 g/mol. The largest absolute Gasteiger partial charge is 0.307 e. The van der Waals surface area contributed by atoms with Gasteiger partial charge in [-0.1, -0.05) is 50.6 Å². The van der Waals surface area contributed by atoms with Gasteiger partial charge in [0.15, 0.2) is 0 Å². The van der Waals surface area contributed by atoms with Crippen LogP contribution >= 0.6 is 0 Å². The summed E-state index contributed by atoms with van der Waals surface area (Å²) in [6.45, 7) is 11.6. The van der Waals surface area contributed by atoms with Gasteiger partial charge in [-0.15, -0.1) is 0 Å². The Balaban J connectivity index is 1.85. The van der Waals surface area contributed by atoms with E-state index in [4.69, 9.17) is 0 Å². The van der Waals surface area contributed by atoms with Gasteiger partial charge in [0, 0.05) is 12.1 Å². The lowest BCUT2D eigenvalue weighted by Gasteiger charge is -2.38. The SMILES string of the molecule is Cc1ccc([C@H](C)NC2CCC(C(C)(C)C)CC2)cc1. The number of aryl methyl sites for hydroxylation is 1. The summed E-state index contributed by atoms with van der Waals surface area (Å²) in [4.78, 5) is 0. The lowest BCUT2D eigenvalue weighted by atomic mass is 9.71. The first-order valence-electron chi connectivity index (χ1n) is 8.19. The van der Waals surface area contributed by atoms with E-state index in [-0.39, 0.29) is 0 Å². The molecular weight excluding hydrogens is 242 g/mol. The van der Waals surface area contributed by atoms with Gasteiger partial charge in [0.25, 0.3) is 0 Å². The van der Waals surface area contributed by atoms with E-state index in [1.54, 1.807) is 0 Å². The van der Waals surface area contributed by atoms with Crippen molar-refractivity contribution >= 4 is 0 Å². The van der Waals surface area contributed by atoms with Crippen molar-refractivity contribution in [2.75, 3.05) is 0 Å². The fourth-order valence-corrected chi connectivity index (χ4v) is 3.43. The van der Waals surface area contributed by atoms with Crippen molar-refractivity contribution in [3.63, 3.8) is 0 Å². The zero-order valence-electron chi connectivity index (χ0n) is 13.9. The molecule has 1 aromatic rings. The molecule has 0 radical (unpaired) electrons. The molecule has 112 valence electrons. The average Bonchev–Trinajstić information content (AvgIpc) is 2.39. The smallest absolute Gasteiger partial charge is 0.0294 e. The molecule has 1 heteroatoms. The Labute approximate surface area is 125 Å². The van der Waals surface area contributed by atoms with Gasteiger partial charge in [-0.05, 0) is 56.4 Å². The molecule has 0 saturated heterocycles. The predicted octanol–water partition coefficient (Wildman–Crippen LogP) is 5.25. The highest BCUT2D eigenvalue weighted by Gasteiger charge is 2.29. The maximum atomic E-state index is 3.83. The van der Waals surface area contributed by atoms with Crippen molar-refractivity contribution in [1.29, 1.82) is 0 Å². The zero-order chi connectivity index (χ0) is 14.8. The normalized spacial score (nSPS) is 25.4. The molecule has 0 spiro atoms. The van der Waals surface area contributed by atoms with Crippen LogP contribution in [0.2, 0.25) is 0 Å². The molecule has 0 amide bonds. The quantitative estimate of drug-likeness (QED) is 0.793. The van der Waals surface area contributed by atoms with Crippen LogP contribution in [0, 0.1) is 18.3 Å². The van der Waals surface area contributed by atoms with E-state index in [0.29, 0.717) is 17.5 Å². The van der Waals surface area contributed by atoms with Crippen LogP contribution in [0.25, 0.3) is 0 Å². The van der Waals surface area contributed by atoms with Gasteiger partial charge in [0.1, 0.15) is 0 Å². The van der Waals surface area contributed by atoms with Crippen LogP contribution < -0.4 is 5.32 Å². The summed E-state index contributed by atoms with van der Waals surface area (Å²) in [5, 5.41) is 3.83. The Morgan fingerprint density at radius 2 is 1.55 bits per heavy atom. The summed E-state index contributed by atoms with van der Waals surface area (Å²) in [6.07, 6.45) is 5.42. The lowest BCUT2D eigenvalue weighted by Crippen LogP contribution is -2.37. The van der Waals surface area contributed by atoms with Crippen molar-refractivity contribution < 1.29 is 0 Å². The van der Waals surface area contributed by atoms with E-state index in [9.17, 15) is 0 Å². The molecule has 0 unspecified atom stereocenters. The molecule has 0 heterocycles. The van der Waals surface area contributed by atoms with Crippen molar-refractivity contribution in [3.8, 4) is 0 Å². The molecular formula is C19H31N. The van der Waals surface area contributed by atoms with Gasteiger partial charge in [0.2, 0.25) is 0 Å². The molecule has 0 bridgehead atoms. The summed E-state index contributed by atoms with van der Waals surface area (Å²) in [5.74, 6) is 0.898. The van der Waals surface area contributed by atoms with Crippen LogP contribution in [0.5, 0.6) is 0 Å². The average molecular weight is 273 g/mol. The van der Waals surface area contributed by atoms with Crippen molar-refractivity contribution in [1.82, 2.24) is 5.32 Å². The first-order valence-corrected chi connectivity index (χ1v) is 8.19. The first-order chi connectivity index (χ1) is 9.36. The Hall–Kier alpha value is -0.820. The van der Waals surface area contributed by atoms with Crippen molar-refractivity contribution in [2.24, 2.45) is 11.3 Å². The summed E-state index contributed by atoms with van der Waals surface area (Å²) < 4.78 is 0. The number of benzene rings is 1. The second-order valence-corrected chi connectivity index (χ2v) is 7.71. The van der Waals surface area contributed by atoms with E-state index in [1.165, 1.54) is 36.8 Å². The van der Waals surface area contributed by atoms with Crippen LogP contribution in [0.1, 0.15) is 70.5 Å². The minimum absolute atomic E-state index is 0.465. The number of nitrogens with one attached hydrogen (secondary N) is 1. The van der Waals surface area contributed by atoms with Crippen LogP contribution in [0.3, 0.4) is 0 Å².